The summed E-state index contributed by atoms with van der Waals surface area (Å²) >= 11 is 0. The zero-order valence-corrected chi connectivity index (χ0v) is 13.4. The van der Waals surface area contributed by atoms with Gasteiger partial charge in [0.05, 0.1) is 6.61 Å². The van der Waals surface area contributed by atoms with E-state index in [0.717, 1.165) is 26.2 Å². The lowest BCUT2D eigenvalue weighted by molar-refractivity contribution is 0.0985. The van der Waals surface area contributed by atoms with Gasteiger partial charge in [0.25, 0.3) is 0 Å². The predicted molar refractivity (Wildman–Crippen MR) is 87.3 cm³/mol. The first-order valence-electron chi connectivity index (χ1n) is 8.02. The van der Waals surface area contributed by atoms with Crippen LogP contribution in [-0.2, 0) is 11.3 Å². The van der Waals surface area contributed by atoms with Crippen molar-refractivity contribution in [1.29, 1.82) is 0 Å². The van der Waals surface area contributed by atoms with Crippen LogP contribution in [0.3, 0.4) is 0 Å². The zero-order chi connectivity index (χ0) is 15.1. The highest BCUT2D eigenvalue weighted by molar-refractivity contribution is 5.25. The van der Waals surface area contributed by atoms with E-state index in [4.69, 9.17) is 10.5 Å². The number of piperazine rings is 1. The van der Waals surface area contributed by atoms with Crippen molar-refractivity contribution < 1.29 is 4.74 Å². The minimum absolute atomic E-state index is 0.338. The summed E-state index contributed by atoms with van der Waals surface area (Å²) in [6, 6.07) is 9.03. The maximum atomic E-state index is 6.05. The number of benzene rings is 1. The normalized spacial score (nSPS) is 18.8. The lowest BCUT2D eigenvalue weighted by atomic mass is 10.0. The van der Waals surface area contributed by atoms with Crippen LogP contribution in [0.2, 0.25) is 0 Å². The molecule has 0 radical (unpaired) electrons. The van der Waals surface area contributed by atoms with Gasteiger partial charge < -0.3 is 15.4 Å². The van der Waals surface area contributed by atoms with E-state index in [-0.39, 0.29) is 0 Å². The van der Waals surface area contributed by atoms with Gasteiger partial charge in [0, 0.05) is 45.9 Å². The Hall–Kier alpha value is -0.940. The molecule has 2 rings (SSSR count). The summed E-state index contributed by atoms with van der Waals surface area (Å²) < 4.78 is 5.17. The molecule has 0 saturated carbocycles. The topological polar surface area (TPSA) is 41.7 Å². The third-order valence-electron chi connectivity index (χ3n) is 4.29. The Morgan fingerprint density at radius 2 is 1.81 bits per heavy atom. The van der Waals surface area contributed by atoms with Gasteiger partial charge in [-0.15, -0.1) is 0 Å². The molecule has 1 atom stereocenters. The van der Waals surface area contributed by atoms with E-state index in [1.807, 2.05) is 0 Å². The van der Waals surface area contributed by atoms with Crippen LogP contribution < -0.4 is 5.73 Å². The van der Waals surface area contributed by atoms with Gasteiger partial charge in [-0.05, 0) is 24.1 Å². The second kappa shape index (κ2) is 8.49. The number of nitrogens with zero attached hydrogens (tertiary/aromatic N) is 2. The SMILES string of the molecule is CCCN1CCN(C(CN)c2ccc(COC)cc2)CC1. The summed E-state index contributed by atoms with van der Waals surface area (Å²) in [6.45, 7) is 9.35. The molecular weight excluding hydrogens is 262 g/mol. The first-order chi connectivity index (χ1) is 10.3. The van der Waals surface area contributed by atoms with Gasteiger partial charge in [0.15, 0.2) is 0 Å². The maximum Gasteiger partial charge on any atom is 0.0713 e. The third kappa shape index (κ3) is 4.51. The Kier molecular flexibility index (Phi) is 6.64. The number of nitrogens with two attached hydrogens (primary N) is 1. The molecule has 0 aromatic heterocycles. The van der Waals surface area contributed by atoms with Gasteiger partial charge >= 0.3 is 0 Å². The van der Waals surface area contributed by atoms with Gasteiger partial charge in [-0.25, -0.2) is 0 Å². The highest BCUT2D eigenvalue weighted by Gasteiger charge is 2.23. The molecule has 1 aromatic carbocycles. The highest BCUT2D eigenvalue weighted by atomic mass is 16.5. The van der Waals surface area contributed by atoms with E-state index < -0.39 is 0 Å². The van der Waals surface area contributed by atoms with E-state index in [1.165, 1.54) is 24.1 Å². The molecule has 1 aliphatic rings. The number of methoxy groups -OCH3 is 1. The molecule has 0 bridgehead atoms. The third-order valence-corrected chi connectivity index (χ3v) is 4.29. The fourth-order valence-corrected chi connectivity index (χ4v) is 3.11. The van der Waals surface area contributed by atoms with Crippen LogP contribution in [0.4, 0.5) is 0 Å². The molecule has 1 saturated heterocycles. The van der Waals surface area contributed by atoms with Crippen molar-refractivity contribution in [2.45, 2.75) is 26.0 Å². The van der Waals surface area contributed by atoms with Gasteiger partial charge in [-0.2, -0.15) is 0 Å². The molecule has 0 aliphatic carbocycles. The molecule has 4 nitrogen and oxygen atoms in total. The Morgan fingerprint density at radius 3 is 2.33 bits per heavy atom. The van der Waals surface area contributed by atoms with Crippen LogP contribution in [0.1, 0.15) is 30.5 Å². The van der Waals surface area contributed by atoms with E-state index >= 15 is 0 Å². The smallest absolute Gasteiger partial charge is 0.0713 e. The zero-order valence-electron chi connectivity index (χ0n) is 13.4. The summed E-state index contributed by atoms with van der Waals surface area (Å²) in [4.78, 5) is 5.07. The van der Waals surface area contributed by atoms with Crippen molar-refractivity contribution in [3.63, 3.8) is 0 Å². The van der Waals surface area contributed by atoms with Crippen molar-refractivity contribution in [2.75, 3.05) is 46.4 Å². The largest absolute Gasteiger partial charge is 0.380 e. The van der Waals surface area contributed by atoms with Crippen LogP contribution in [0.25, 0.3) is 0 Å². The lowest BCUT2D eigenvalue weighted by Gasteiger charge is -2.39. The molecular formula is C17H29N3O. The molecule has 0 spiro atoms. The highest BCUT2D eigenvalue weighted by Crippen LogP contribution is 2.22. The summed E-state index contributed by atoms with van der Waals surface area (Å²) in [7, 11) is 1.73. The average molecular weight is 291 g/mol. The first kappa shape index (κ1) is 16.4. The van der Waals surface area contributed by atoms with E-state index in [2.05, 4.69) is 41.0 Å². The number of hydrogen-bond acceptors (Lipinski definition) is 4. The number of ether oxygens (including phenoxy) is 1. The van der Waals surface area contributed by atoms with Gasteiger partial charge in [0.1, 0.15) is 0 Å². The second-order valence-corrected chi connectivity index (χ2v) is 5.80. The lowest BCUT2D eigenvalue weighted by Crippen LogP contribution is -2.49. The Bertz CT molecular complexity index is 399. The van der Waals surface area contributed by atoms with Gasteiger partial charge in [-0.1, -0.05) is 31.2 Å². The van der Waals surface area contributed by atoms with E-state index in [0.29, 0.717) is 19.2 Å². The van der Waals surface area contributed by atoms with Crippen LogP contribution in [0.15, 0.2) is 24.3 Å². The summed E-state index contributed by atoms with van der Waals surface area (Å²) in [5.74, 6) is 0. The molecule has 2 N–H and O–H groups in total. The summed E-state index contributed by atoms with van der Waals surface area (Å²) in [5.41, 5.74) is 8.58. The van der Waals surface area contributed by atoms with Crippen molar-refractivity contribution in [2.24, 2.45) is 5.73 Å². The molecule has 1 aliphatic heterocycles. The molecule has 21 heavy (non-hydrogen) atoms. The fraction of sp³-hybridized carbons (Fsp3) is 0.647. The quantitative estimate of drug-likeness (QED) is 0.832. The van der Waals surface area contributed by atoms with Crippen LogP contribution in [0.5, 0.6) is 0 Å². The number of hydrogen-bond donors (Lipinski definition) is 1. The van der Waals surface area contributed by atoms with Crippen molar-refractivity contribution in [1.82, 2.24) is 9.80 Å². The Balaban J connectivity index is 1.96. The van der Waals surface area contributed by atoms with E-state index in [1.54, 1.807) is 7.11 Å². The van der Waals surface area contributed by atoms with Crippen molar-refractivity contribution >= 4 is 0 Å². The molecule has 4 heteroatoms. The number of rotatable bonds is 7. The predicted octanol–water partition coefficient (Wildman–Crippen LogP) is 1.86. The van der Waals surface area contributed by atoms with E-state index in [9.17, 15) is 0 Å². The maximum absolute atomic E-state index is 6.05. The average Bonchev–Trinajstić information content (AvgIpc) is 2.52. The monoisotopic (exact) mass is 291 g/mol. The first-order valence-corrected chi connectivity index (χ1v) is 8.02. The van der Waals surface area contributed by atoms with Crippen LogP contribution >= 0.6 is 0 Å². The fourth-order valence-electron chi connectivity index (χ4n) is 3.11. The molecule has 0 amide bonds. The Morgan fingerprint density at radius 1 is 1.14 bits per heavy atom. The van der Waals surface area contributed by atoms with Crippen molar-refractivity contribution in [3.8, 4) is 0 Å². The van der Waals surface area contributed by atoms with Crippen molar-refractivity contribution in [3.05, 3.63) is 35.4 Å². The van der Waals surface area contributed by atoms with Crippen LogP contribution in [-0.4, -0.2) is 56.2 Å². The molecule has 1 aromatic rings. The minimum Gasteiger partial charge on any atom is -0.380 e. The standard InChI is InChI=1S/C17H29N3O/c1-3-8-19-9-11-20(12-10-19)17(13-18)16-6-4-15(5-7-16)14-21-2/h4-7,17H,3,8-14,18H2,1-2H3. The van der Waals surface area contributed by atoms with Gasteiger partial charge in [-0.3, -0.25) is 4.90 Å². The molecule has 1 unspecified atom stereocenters. The van der Waals surface area contributed by atoms with Gasteiger partial charge in [0.2, 0.25) is 0 Å². The second-order valence-electron chi connectivity index (χ2n) is 5.80. The molecule has 118 valence electrons. The summed E-state index contributed by atoms with van der Waals surface area (Å²) in [6.07, 6.45) is 1.24. The summed E-state index contributed by atoms with van der Waals surface area (Å²) in [5, 5.41) is 0. The molecule has 1 fully saturated rings. The minimum atomic E-state index is 0.338. The van der Waals surface area contributed by atoms with Crippen LogP contribution in [0, 0.1) is 0 Å². The molecule has 1 heterocycles. The Labute approximate surface area is 128 Å².